The van der Waals surface area contributed by atoms with Gasteiger partial charge in [0.2, 0.25) is 0 Å². The molecule has 22 heavy (non-hydrogen) atoms. The smallest absolute Gasteiger partial charge is 0.504 e. The Hall–Kier alpha value is -2.28. The SMILES string of the molecule is CCCCOC(=O)OC(=O)[C@H](N)Cc1ccc(O)c(OC)c1. The Morgan fingerprint density at radius 2 is 2.09 bits per heavy atom. The number of hydrogen-bond acceptors (Lipinski definition) is 7. The van der Waals surface area contributed by atoms with Crippen LogP contribution < -0.4 is 10.5 Å². The maximum Gasteiger partial charge on any atom is 0.516 e. The van der Waals surface area contributed by atoms with Crippen molar-refractivity contribution in [2.24, 2.45) is 5.73 Å². The van der Waals surface area contributed by atoms with Gasteiger partial charge in [-0.1, -0.05) is 19.4 Å². The fourth-order valence-electron chi connectivity index (χ4n) is 1.67. The molecule has 7 nitrogen and oxygen atoms in total. The standard InChI is InChI=1S/C15H21NO6/c1-3-4-7-21-15(19)22-14(18)11(16)8-10-5-6-12(17)13(9-10)20-2/h5-6,9,11,17H,3-4,7-8,16H2,1-2H3/t11-/m1/s1. The molecule has 122 valence electrons. The van der Waals surface area contributed by atoms with E-state index in [1.807, 2.05) is 6.92 Å². The molecule has 0 amide bonds. The first-order valence-electron chi connectivity index (χ1n) is 6.97. The van der Waals surface area contributed by atoms with E-state index in [9.17, 15) is 14.7 Å². The Bertz CT molecular complexity index is 517. The molecule has 0 aromatic heterocycles. The minimum atomic E-state index is -1.04. The van der Waals surface area contributed by atoms with Crippen LogP contribution in [-0.4, -0.2) is 37.0 Å². The highest BCUT2D eigenvalue weighted by Gasteiger charge is 2.20. The molecule has 0 aliphatic heterocycles. The maximum atomic E-state index is 11.7. The van der Waals surface area contributed by atoms with Crippen molar-refractivity contribution in [2.45, 2.75) is 32.2 Å². The van der Waals surface area contributed by atoms with E-state index in [2.05, 4.69) is 4.74 Å². The van der Waals surface area contributed by atoms with Gasteiger partial charge < -0.3 is 25.1 Å². The molecule has 0 saturated heterocycles. The van der Waals surface area contributed by atoms with Crippen LogP contribution in [0.1, 0.15) is 25.3 Å². The molecule has 1 atom stereocenters. The fourth-order valence-corrected chi connectivity index (χ4v) is 1.67. The number of benzene rings is 1. The van der Waals surface area contributed by atoms with Crippen molar-refractivity contribution in [3.05, 3.63) is 23.8 Å². The van der Waals surface area contributed by atoms with E-state index in [0.717, 1.165) is 6.42 Å². The maximum absolute atomic E-state index is 11.7. The summed E-state index contributed by atoms with van der Waals surface area (Å²) in [5, 5.41) is 9.49. The number of phenols is 1. The summed E-state index contributed by atoms with van der Waals surface area (Å²) in [6.45, 7) is 2.15. The third-order valence-corrected chi connectivity index (χ3v) is 2.90. The van der Waals surface area contributed by atoms with Crippen LogP contribution in [-0.2, 0) is 20.7 Å². The lowest BCUT2D eigenvalue weighted by molar-refractivity contribution is -0.141. The minimum Gasteiger partial charge on any atom is -0.504 e. The van der Waals surface area contributed by atoms with Crippen molar-refractivity contribution in [1.29, 1.82) is 0 Å². The Kier molecular flexibility index (Phi) is 7.18. The summed E-state index contributed by atoms with van der Waals surface area (Å²) in [5.74, 6) is -0.604. The van der Waals surface area contributed by atoms with Crippen molar-refractivity contribution in [2.75, 3.05) is 13.7 Å². The normalized spacial score (nSPS) is 11.6. The van der Waals surface area contributed by atoms with Gasteiger partial charge >= 0.3 is 12.1 Å². The van der Waals surface area contributed by atoms with Gasteiger partial charge in [-0.2, -0.15) is 0 Å². The third kappa shape index (κ3) is 5.61. The number of ether oxygens (including phenoxy) is 3. The third-order valence-electron chi connectivity index (χ3n) is 2.90. The molecule has 3 N–H and O–H groups in total. The summed E-state index contributed by atoms with van der Waals surface area (Å²) >= 11 is 0. The van der Waals surface area contributed by atoms with Gasteiger partial charge in [0.25, 0.3) is 0 Å². The molecule has 0 saturated carbocycles. The summed E-state index contributed by atoms with van der Waals surface area (Å²) in [6.07, 6.45) is 0.654. The summed E-state index contributed by atoms with van der Waals surface area (Å²) in [7, 11) is 1.42. The van der Waals surface area contributed by atoms with Crippen LogP contribution in [0.15, 0.2) is 18.2 Å². The number of carbonyl (C=O) groups excluding carboxylic acids is 2. The summed E-state index contributed by atoms with van der Waals surface area (Å²) < 4.78 is 14.2. The quantitative estimate of drug-likeness (QED) is 0.448. The Balaban J connectivity index is 2.52. The molecule has 7 heteroatoms. The van der Waals surface area contributed by atoms with Crippen LogP contribution in [0.2, 0.25) is 0 Å². The van der Waals surface area contributed by atoms with E-state index in [0.29, 0.717) is 12.0 Å². The molecule has 0 heterocycles. The summed E-state index contributed by atoms with van der Waals surface area (Å²) in [6, 6.07) is 3.57. The molecular weight excluding hydrogens is 290 g/mol. The highest BCUT2D eigenvalue weighted by atomic mass is 16.7. The van der Waals surface area contributed by atoms with Crippen LogP contribution in [0.5, 0.6) is 11.5 Å². The van der Waals surface area contributed by atoms with Crippen LogP contribution in [0.25, 0.3) is 0 Å². The predicted octanol–water partition coefficient (Wildman–Crippen LogP) is 1.75. The monoisotopic (exact) mass is 311 g/mol. The van der Waals surface area contributed by atoms with Gasteiger partial charge in [0.05, 0.1) is 13.7 Å². The molecule has 1 rings (SSSR count). The first-order chi connectivity index (χ1) is 10.5. The lowest BCUT2D eigenvalue weighted by Gasteiger charge is -2.12. The lowest BCUT2D eigenvalue weighted by Crippen LogP contribution is -2.35. The number of phenolic OH excluding ortho intramolecular Hbond substituents is 1. The molecule has 0 bridgehead atoms. The molecular formula is C15H21NO6. The van der Waals surface area contributed by atoms with E-state index in [1.54, 1.807) is 12.1 Å². The molecule has 0 aliphatic carbocycles. The predicted molar refractivity (Wildman–Crippen MR) is 78.7 cm³/mol. The van der Waals surface area contributed by atoms with Crippen LogP contribution >= 0.6 is 0 Å². The van der Waals surface area contributed by atoms with Crippen molar-refractivity contribution in [3.8, 4) is 11.5 Å². The average molecular weight is 311 g/mol. The minimum absolute atomic E-state index is 0.0121. The highest BCUT2D eigenvalue weighted by molar-refractivity contribution is 5.85. The fraction of sp³-hybridized carbons (Fsp3) is 0.467. The zero-order chi connectivity index (χ0) is 16.5. The van der Waals surface area contributed by atoms with Crippen molar-refractivity contribution in [3.63, 3.8) is 0 Å². The first-order valence-corrected chi connectivity index (χ1v) is 6.97. The number of methoxy groups -OCH3 is 1. The zero-order valence-electron chi connectivity index (χ0n) is 12.7. The number of esters is 1. The zero-order valence-corrected chi connectivity index (χ0v) is 12.7. The Morgan fingerprint density at radius 1 is 1.36 bits per heavy atom. The van der Waals surface area contributed by atoms with Gasteiger partial charge in [-0.25, -0.2) is 9.59 Å². The van der Waals surface area contributed by atoms with Gasteiger partial charge in [0.1, 0.15) is 6.04 Å². The number of unbranched alkanes of at least 4 members (excludes halogenated alkanes) is 1. The van der Waals surface area contributed by atoms with E-state index in [1.165, 1.54) is 13.2 Å². The molecule has 0 radical (unpaired) electrons. The second kappa shape index (κ2) is 8.89. The van der Waals surface area contributed by atoms with Crippen LogP contribution in [0, 0.1) is 0 Å². The molecule has 0 fully saturated rings. The van der Waals surface area contributed by atoms with E-state index in [4.69, 9.17) is 15.2 Å². The second-order valence-electron chi connectivity index (χ2n) is 4.69. The average Bonchev–Trinajstić information content (AvgIpc) is 2.49. The van der Waals surface area contributed by atoms with E-state index >= 15 is 0 Å². The first kappa shape index (κ1) is 17.8. The summed E-state index contributed by atoms with van der Waals surface area (Å²) in [4.78, 5) is 22.9. The van der Waals surface area contributed by atoms with Gasteiger partial charge in [-0.15, -0.1) is 0 Å². The molecule has 1 aromatic carbocycles. The van der Waals surface area contributed by atoms with Gasteiger partial charge in [0.15, 0.2) is 11.5 Å². The number of carbonyl (C=O) groups is 2. The highest BCUT2D eigenvalue weighted by Crippen LogP contribution is 2.26. The Morgan fingerprint density at radius 3 is 2.73 bits per heavy atom. The molecule has 0 unspecified atom stereocenters. The van der Waals surface area contributed by atoms with Crippen molar-refractivity contribution < 1.29 is 28.9 Å². The van der Waals surface area contributed by atoms with Crippen LogP contribution in [0.3, 0.4) is 0 Å². The lowest BCUT2D eigenvalue weighted by atomic mass is 10.1. The molecule has 0 spiro atoms. The van der Waals surface area contributed by atoms with Crippen LogP contribution in [0.4, 0.5) is 4.79 Å². The van der Waals surface area contributed by atoms with Gasteiger partial charge in [-0.3, -0.25) is 0 Å². The Labute approximate surface area is 129 Å². The summed E-state index contributed by atoms with van der Waals surface area (Å²) in [5.41, 5.74) is 6.36. The van der Waals surface area contributed by atoms with Crippen molar-refractivity contribution in [1.82, 2.24) is 0 Å². The largest absolute Gasteiger partial charge is 0.516 e. The second-order valence-corrected chi connectivity index (χ2v) is 4.69. The van der Waals surface area contributed by atoms with E-state index in [-0.39, 0.29) is 24.5 Å². The molecule has 0 aliphatic rings. The topological polar surface area (TPSA) is 108 Å². The number of aromatic hydroxyl groups is 1. The number of nitrogens with two attached hydrogens (primary N) is 1. The van der Waals surface area contributed by atoms with E-state index < -0.39 is 18.2 Å². The van der Waals surface area contributed by atoms with Gasteiger partial charge in [-0.05, 0) is 30.5 Å². The van der Waals surface area contributed by atoms with Crippen molar-refractivity contribution >= 4 is 12.1 Å². The van der Waals surface area contributed by atoms with Gasteiger partial charge in [0, 0.05) is 0 Å². The number of hydrogen-bond donors (Lipinski definition) is 2. The molecule has 1 aromatic rings. The number of rotatable bonds is 7.